The molecule has 1 atom stereocenters. The van der Waals surface area contributed by atoms with E-state index in [1.165, 1.54) is 0 Å². The molecule has 108 valence electrons. The first-order chi connectivity index (χ1) is 10.1. The van der Waals surface area contributed by atoms with Crippen molar-refractivity contribution in [3.8, 4) is 0 Å². The maximum atomic E-state index is 12.8. The highest BCUT2D eigenvalue weighted by molar-refractivity contribution is 5.94. The Morgan fingerprint density at radius 2 is 2.00 bits per heavy atom. The summed E-state index contributed by atoms with van der Waals surface area (Å²) in [5.74, 6) is 0.796. The molecule has 0 aliphatic carbocycles. The first-order valence-electron chi connectivity index (χ1n) is 7.28. The summed E-state index contributed by atoms with van der Waals surface area (Å²) in [4.78, 5) is 23.7. The van der Waals surface area contributed by atoms with Crippen LogP contribution in [0.1, 0.15) is 41.6 Å². The molecule has 0 spiro atoms. The molecule has 0 saturated carbocycles. The molecule has 2 aromatic rings. The summed E-state index contributed by atoms with van der Waals surface area (Å²) in [5.41, 5.74) is 1.23. The van der Waals surface area contributed by atoms with Gasteiger partial charge in [-0.2, -0.15) is 0 Å². The zero-order chi connectivity index (χ0) is 14.9. The van der Waals surface area contributed by atoms with Crippen molar-refractivity contribution in [3.63, 3.8) is 0 Å². The van der Waals surface area contributed by atoms with Gasteiger partial charge in [-0.05, 0) is 44.9 Å². The van der Waals surface area contributed by atoms with Gasteiger partial charge < -0.3 is 4.90 Å². The SMILES string of the molecule is Cc1ccnc([C@]2(C)CCCN2C(=O)c2ccccc2)n1. The van der Waals surface area contributed by atoms with Gasteiger partial charge in [-0.25, -0.2) is 9.97 Å². The van der Waals surface area contributed by atoms with Gasteiger partial charge in [-0.1, -0.05) is 18.2 Å². The standard InChI is InChI=1S/C17H19N3O/c1-13-9-11-18-16(19-13)17(2)10-6-12-20(17)15(21)14-7-4-3-5-8-14/h3-5,7-9,11H,6,10,12H2,1-2H3/t17-/m0/s1. The number of rotatable bonds is 2. The average molecular weight is 281 g/mol. The Bertz CT molecular complexity index is 656. The van der Waals surface area contributed by atoms with E-state index in [0.29, 0.717) is 0 Å². The summed E-state index contributed by atoms with van der Waals surface area (Å²) in [6.45, 7) is 4.77. The molecule has 0 unspecified atom stereocenters. The molecule has 1 saturated heterocycles. The number of carbonyl (C=O) groups is 1. The minimum absolute atomic E-state index is 0.0562. The first-order valence-corrected chi connectivity index (χ1v) is 7.28. The van der Waals surface area contributed by atoms with Crippen LogP contribution in [0.25, 0.3) is 0 Å². The highest BCUT2D eigenvalue weighted by Crippen LogP contribution is 2.37. The number of aromatic nitrogens is 2. The molecular weight excluding hydrogens is 262 g/mol. The summed E-state index contributed by atoms with van der Waals surface area (Å²) in [6.07, 6.45) is 3.65. The molecule has 1 aliphatic rings. The summed E-state index contributed by atoms with van der Waals surface area (Å²) in [5, 5.41) is 0. The highest BCUT2D eigenvalue weighted by atomic mass is 16.2. The molecule has 1 fully saturated rings. The van der Waals surface area contributed by atoms with E-state index in [1.807, 2.05) is 48.2 Å². The fourth-order valence-corrected chi connectivity index (χ4v) is 2.97. The van der Waals surface area contributed by atoms with Crippen LogP contribution >= 0.6 is 0 Å². The summed E-state index contributed by atoms with van der Waals surface area (Å²) in [7, 11) is 0. The van der Waals surface area contributed by atoms with E-state index in [4.69, 9.17) is 0 Å². The minimum Gasteiger partial charge on any atom is -0.326 e. The molecule has 4 nitrogen and oxygen atoms in total. The van der Waals surface area contributed by atoms with Crippen molar-refractivity contribution < 1.29 is 4.79 Å². The molecule has 1 aliphatic heterocycles. The third-order valence-electron chi connectivity index (χ3n) is 4.18. The van der Waals surface area contributed by atoms with Crippen molar-refractivity contribution in [1.82, 2.24) is 14.9 Å². The maximum Gasteiger partial charge on any atom is 0.254 e. The zero-order valence-electron chi connectivity index (χ0n) is 12.4. The molecular formula is C17H19N3O. The zero-order valence-corrected chi connectivity index (χ0v) is 12.4. The lowest BCUT2D eigenvalue weighted by atomic mass is 9.96. The van der Waals surface area contributed by atoms with Crippen molar-refractivity contribution in [3.05, 3.63) is 59.7 Å². The topological polar surface area (TPSA) is 46.1 Å². The Hall–Kier alpha value is -2.23. The van der Waals surface area contributed by atoms with E-state index < -0.39 is 5.54 Å². The van der Waals surface area contributed by atoms with Crippen LogP contribution in [0.3, 0.4) is 0 Å². The Kier molecular flexibility index (Phi) is 3.45. The monoisotopic (exact) mass is 281 g/mol. The van der Waals surface area contributed by atoms with Gasteiger partial charge in [0.25, 0.3) is 5.91 Å². The van der Waals surface area contributed by atoms with Crippen molar-refractivity contribution in [2.45, 2.75) is 32.2 Å². The molecule has 4 heteroatoms. The van der Waals surface area contributed by atoms with Gasteiger partial charge in [0, 0.05) is 24.0 Å². The number of hydrogen-bond acceptors (Lipinski definition) is 3. The van der Waals surface area contributed by atoms with Gasteiger partial charge in [-0.3, -0.25) is 4.79 Å². The van der Waals surface area contributed by atoms with Gasteiger partial charge in [-0.15, -0.1) is 0 Å². The van der Waals surface area contributed by atoms with Gasteiger partial charge in [0.2, 0.25) is 0 Å². The lowest BCUT2D eigenvalue weighted by molar-refractivity contribution is 0.0603. The van der Waals surface area contributed by atoms with Gasteiger partial charge >= 0.3 is 0 Å². The molecule has 0 bridgehead atoms. The second-order valence-electron chi connectivity index (χ2n) is 5.72. The van der Waals surface area contributed by atoms with E-state index >= 15 is 0 Å². The highest BCUT2D eigenvalue weighted by Gasteiger charge is 2.43. The number of hydrogen-bond donors (Lipinski definition) is 0. The van der Waals surface area contributed by atoms with E-state index in [2.05, 4.69) is 16.9 Å². The van der Waals surface area contributed by atoms with Crippen molar-refractivity contribution in [2.24, 2.45) is 0 Å². The average Bonchev–Trinajstić information content (AvgIpc) is 2.91. The Morgan fingerprint density at radius 3 is 2.71 bits per heavy atom. The van der Waals surface area contributed by atoms with Crippen LogP contribution in [0, 0.1) is 6.92 Å². The van der Waals surface area contributed by atoms with Crippen LogP contribution < -0.4 is 0 Å². The van der Waals surface area contributed by atoms with Crippen LogP contribution in [0.2, 0.25) is 0 Å². The molecule has 21 heavy (non-hydrogen) atoms. The Labute approximate surface area is 124 Å². The van der Waals surface area contributed by atoms with E-state index in [9.17, 15) is 4.79 Å². The summed E-state index contributed by atoms with van der Waals surface area (Å²) >= 11 is 0. The van der Waals surface area contributed by atoms with Crippen LogP contribution in [0.4, 0.5) is 0 Å². The molecule has 2 heterocycles. The predicted octanol–water partition coefficient (Wildman–Crippen LogP) is 2.94. The van der Waals surface area contributed by atoms with Crippen LogP contribution in [-0.4, -0.2) is 27.3 Å². The van der Waals surface area contributed by atoms with Gasteiger partial charge in [0.1, 0.15) is 5.54 Å². The largest absolute Gasteiger partial charge is 0.326 e. The van der Waals surface area contributed by atoms with Crippen molar-refractivity contribution in [1.29, 1.82) is 0 Å². The normalized spacial score (nSPS) is 21.5. The molecule has 0 N–H and O–H groups in total. The van der Waals surface area contributed by atoms with Crippen molar-refractivity contribution in [2.75, 3.05) is 6.54 Å². The first kappa shape index (κ1) is 13.7. The second kappa shape index (κ2) is 5.28. The predicted molar refractivity (Wildman–Crippen MR) is 80.8 cm³/mol. The molecule has 3 rings (SSSR count). The van der Waals surface area contributed by atoms with E-state index in [0.717, 1.165) is 36.5 Å². The van der Waals surface area contributed by atoms with E-state index in [1.54, 1.807) is 6.20 Å². The number of nitrogens with zero attached hydrogens (tertiary/aromatic N) is 3. The van der Waals surface area contributed by atoms with Crippen LogP contribution in [0.5, 0.6) is 0 Å². The van der Waals surface area contributed by atoms with Crippen LogP contribution in [-0.2, 0) is 5.54 Å². The second-order valence-corrected chi connectivity index (χ2v) is 5.72. The number of aryl methyl sites for hydroxylation is 1. The smallest absolute Gasteiger partial charge is 0.254 e. The lowest BCUT2D eigenvalue weighted by Crippen LogP contribution is -2.44. The Morgan fingerprint density at radius 1 is 1.24 bits per heavy atom. The molecule has 1 aromatic heterocycles. The third kappa shape index (κ3) is 2.42. The molecule has 1 amide bonds. The van der Waals surface area contributed by atoms with Gasteiger partial charge in [0.15, 0.2) is 5.82 Å². The van der Waals surface area contributed by atoms with E-state index in [-0.39, 0.29) is 5.91 Å². The fourth-order valence-electron chi connectivity index (χ4n) is 2.97. The number of likely N-dealkylation sites (tertiary alicyclic amines) is 1. The third-order valence-corrected chi connectivity index (χ3v) is 4.18. The number of carbonyl (C=O) groups excluding carboxylic acids is 1. The number of amides is 1. The maximum absolute atomic E-state index is 12.8. The number of benzene rings is 1. The van der Waals surface area contributed by atoms with Crippen molar-refractivity contribution >= 4 is 5.91 Å². The minimum atomic E-state index is -0.418. The summed E-state index contributed by atoms with van der Waals surface area (Å²) < 4.78 is 0. The lowest BCUT2D eigenvalue weighted by Gasteiger charge is -2.34. The van der Waals surface area contributed by atoms with Gasteiger partial charge in [0.05, 0.1) is 0 Å². The molecule has 1 aromatic carbocycles. The Balaban J connectivity index is 1.97. The fraction of sp³-hybridized carbons (Fsp3) is 0.353. The van der Waals surface area contributed by atoms with Crippen LogP contribution in [0.15, 0.2) is 42.6 Å². The molecule has 0 radical (unpaired) electrons. The summed E-state index contributed by atoms with van der Waals surface area (Å²) in [6, 6.07) is 11.3. The quantitative estimate of drug-likeness (QED) is 0.850.